The molecule has 2 aromatic rings. The van der Waals surface area contributed by atoms with E-state index in [1.54, 1.807) is 12.1 Å². The maximum Gasteiger partial charge on any atom is 0.134 e. The Morgan fingerprint density at radius 3 is 2.57 bits per heavy atom. The molecule has 6 nitrogen and oxygen atoms in total. The predicted octanol–water partition coefficient (Wildman–Crippen LogP) is 2.20. The second-order valence-electron chi connectivity index (χ2n) is 7.66. The second kappa shape index (κ2) is 8.66. The number of piperazine rings is 1. The first-order valence-corrected chi connectivity index (χ1v) is 10.3. The van der Waals surface area contributed by atoms with Crippen molar-refractivity contribution in [3.8, 4) is 5.75 Å². The number of anilines is 1. The van der Waals surface area contributed by atoms with Gasteiger partial charge in [-0.05, 0) is 36.2 Å². The van der Waals surface area contributed by atoms with Gasteiger partial charge in [0.05, 0.1) is 11.1 Å². The van der Waals surface area contributed by atoms with Gasteiger partial charge in [-0.15, -0.1) is 0 Å². The number of rotatable bonds is 4. The number of phenolic OH excluding ortho intramolecular Hbond substituents is 1. The molecule has 2 saturated heterocycles. The molecular formula is C21H27ClN4O2. The predicted molar refractivity (Wildman–Crippen MR) is 111 cm³/mol. The van der Waals surface area contributed by atoms with Crippen molar-refractivity contribution < 1.29 is 10.2 Å². The van der Waals surface area contributed by atoms with Gasteiger partial charge >= 0.3 is 0 Å². The Kier molecular flexibility index (Phi) is 6.01. The second-order valence-corrected chi connectivity index (χ2v) is 8.06. The van der Waals surface area contributed by atoms with Gasteiger partial charge in [0.2, 0.25) is 0 Å². The van der Waals surface area contributed by atoms with Crippen molar-refractivity contribution in [1.82, 2.24) is 14.8 Å². The highest BCUT2D eigenvalue weighted by molar-refractivity contribution is 6.32. The van der Waals surface area contributed by atoms with Crippen molar-refractivity contribution in [2.75, 3.05) is 44.2 Å². The Labute approximate surface area is 171 Å². The Hall–Kier alpha value is -1.86. The third-order valence-corrected chi connectivity index (χ3v) is 6.11. The van der Waals surface area contributed by atoms with Gasteiger partial charge in [-0.2, -0.15) is 0 Å². The summed E-state index contributed by atoms with van der Waals surface area (Å²) < 4.78 is 0. The van der Waals surface area contributed by atoms with E-state index in [2.05, 4.69) is 25.8 Å². The number of hydrogen-bond acceptors (Lipinski definition) is 6. The van der Waals surface area contributed by atoms with E-state index in [9.17, 15) is 10.2 Å². The van der Waals surface area contributed by atoms with Gasteiger partial charge in [0.15, 0.2) is 0 Å². The molecule has 1 aromatic carbocycles. The van der Waals surface area contributed by atoms with Crippen LogP contribution in [0.3, 0.4) is 0 Å². The van der Waals surface area contributed by atoms with Gasteiger partial charge in [-0.3, -0.25) is 9.80 Å². The minimum atomic E-state index is -0.359. The van der Waals surface area contributed by atoms with Crippen molar-refractivity contribution in [3.05, 3.63) is 53.2 Å². The molecule has 0 bridgehead atoms. The molecule has 150 valence electrons. The van der Waals surface area contributed by atoms with Crippen molar-refractivity contribution in [2.24, 2.45) is 0 Å². The average Bonchev–Trinajstić information content (AvgIpc) is 2.72. The maximum atomic E-state index is 10.8. The smallest absolute Gasteiger partial charge is 0.134 e. The summed E-state index contributed by atoms with van der Waals surface area (Å²) in [6.45, 7) is 6.12. The standard InChI is InChI=1S/C21H27ClN4O2/c22-17-13-16(4-5-19(17)27)14-24-8-6-18(20(28)15-24)25-9-11-26(12-10-25)21-3-1-2-7-23-21/h1-5,7,13,18,20,27-28H,6,8-12,14-15H2/t18-,20-/m1/s1. The number of pyridine rings is 1. The van der Waals surface area contributed by atoms with Crippen LogP contribution in [-0.4, -0.2) is 76.4 Å². The number of likely N-dealkylation sites (tertiary alicyclic amines) is 1. The van der Waals surface area contributed by atoms with Crippen LogP contribution < -0.4 is 4.90 Å². The Morgan fingerprint density at radius 2 is 1.89 bits per heavy atom. The van der Waals surface area contributed by atoms with Crippen LogP contribution in [0.5, 0.6) is 5.75 Å². The van der Waals surface area contributed by atoms with Crippen LogP contribution in [0.15, 0.2) is 42.6 Å². The lowest BCUT2D eigenvalue weighted by Gasteiger charge is -2.45. The SMILES string of the molecule is Oc1ccc(CN2CC[C@@H](N3CCN(c4ccccn4)CC3)[C@H](O)C2)cc1Cl. The Bertz CT molecular complexity index is 783. The van der Waals surface area contributed by atoms with E-state index in [-0.39, 0.29) is 17.9 Å². The van der Waals surface area contributed by atoms with Gasteiger partial charge in [0, 0.05) is 58.1 Å². The van der Waals surface area contributed by atoms with Crippen LogP contribution in [0.1, 0.15) is 12.0 Å². The summed E-state index contributed by atoms with van der Waals surface area (Å²) in [5.41, 5.74) is 1.05. The molecule has 0 aliphatic carbocycles. The van der Waals surface area contributed by atoms with Crippen LogP contribution in [0.4, 0.5) is 5.82 Å². The van der Waals surface area contributed by atoms with E-state index in [1.807, 2.05) is 24.4 Å². The molecule has 2 aliphatic heterocycles. The topological polar surface area (TPSA) is 63.1 Å². The summed E-state index contributed by atoms with van der Waals surface area (Å²) in [5, 5.41) is 20.7. The van der Waals surface area contributed by atoms with E-state index in [0.717, 1.165) is 57.1 Å². The van der Waals surface area contributed by atoms with Crippen LogP contribution in [-0.2, 0) is 6.54 Å². The molecule has 0 unspecified atom stereocenters. The summed E-state index contributed by atoms with van der Waals surface area (Å²) in [4.78, 5) is 11.4. The number of aromatic hydroxyl groups is 1. The minimum Gasteiger partial charge on any atom is -0.506 e. The molecule has 2 aliphatic rings. The highest BCUT2D eigenvalue weighted by Crippen LogP contribution is 2.26. The van der Waals surface area contributed by atoms with Gasteiger partial charge in [0.25, 0.3) is 0 Å². The molecule has 0 amide bonds. The van der Waals surface area contributed by atoms with Crippen LogP contribution in [0.2, 0.25) is 5.02 Å². The molecule has 28 heavy (non-hydrogen) atoms. The highest BCUT2D eigenvalue weighted by Gasteiger charge is 2.33. The number of β-amino-alcohol motifs (C(OH)–C–C–N with tert-alkyl or cyclic N) is 1. The van der Waals surface area contributed by atoms with Gasteiger partial charge in [-0.25, -0.2) is 4.98 Å². The van der Waals surface area contributed by atoms with Crippen molar-refractivity contribution >= 4 is 17.4 Å². The van der Waals surface area contributed by atoms with E-state index in [1.165, 1.54) is 0 Å². The fourth-order valence-corrected chi connectivity index (χ4v) is 4.49. The zero-order valence-corrected chi connectivity index (χ0v) is 16.7. The molecule has 0 radical (unpaired) electrons. The fourth-order valence-electron chi connectivity index (χ4n) is 4.28. The third kappa shape index (κ3) is 4.41. The first kappa shape index (κ1) is 19.5. The number of halogens is 1. The molecule has 0 spiro atoms. The number of aliphatic hydroxyl groups is 1. The minimum absolute atomic E-state index is 0.106. The first-order valence-electron chi connectivity index (χ1n) is 9.88. The zero-order chi connectivity index (χ0) is 19.5. The summed E-state index contributed by atoms with van der Waals surface area (Å²) in [6, 6.07) is 11.5. The molecule has 2 fully saturated rings. The lowest BCUT2D eigenvalue weighted by Crippen LogP contribution is -2.58. The summed E-state index contributed by atoms with van der Waals surface area (Å²) in [6.07, 6.45) is 2.43. The third-order valence-electron chi connectivity index (χ3n) is 5.81. The molecule has 2 atom stereocenters. The first-order chi connectivity index (χ1) is 13.6. The Morgan fingerprint density at radius 1 is 1.07 bits per heavy atom. The molecule has 4 rings (SSSR count). The van der Waals surface area contributed by atoms with Gasteiger partial charge in [0.1, 0.15) is 11.6 Å². The zero-order valence-electron chi connectivity index (χ0n) is 15.9. The number of benzene rings is 1. The van der Waals surface area contributed by atoms with E-state index in [4.69, 9.17) is 11.6 Å². The monoisotopic (exact) mass is 402 g/mol. The molecule has 0 saturated carbocycles. The Balaban J connectivity index is 1.29. The van der Waals surface area contributed by atoms with Crippen molar-refractivity contribution in [1.29, 1.82) is 0 Å². The van der Waals surface area contributed by atoms with Crippen LogP contribution in [0.25, 0.3) is 0 Å². The molecular weight excluding hydrogens is 376 g/mol. The van der Waals surface area contributed by atoms with E-state index in [0.29, 0.717) is 11.6 Å². The molecule has 2 N–H and O–H groups in total. The van der Waals surface area contributed by atoms with Crippen LogP contribution >= 0.6 is 11.6 Å². The number of hydrogen-bond donors (Lipinski definition) is 2. The van der Waals surface area contributed by atoms with E-state index >= 15 is 0 Å². The number of piperidine rings is 1. The summed E-state index contributed by atoms with van der Waals surface area (Å²) >= 11 is 6.01. The summed E-state index contributed by atoms with van der Waals surface area (Å²) in [5.74, 6) is 1.14. The summed E-state index contributed by atoms with van der Waals surface area (Å²) in [7, 11) is 0. The van der Waals surface area contributed by atoms with Gasteiger partial charge < -0.3 is 15.1 Å². The number of nitrogens with zero attached hydrogens (tertiary/aromatic N) is 4. The molecule has 3 heterocycles. The maximum absolute atomic E-state index is 10.8. The molecule has 7 heteroatoms. The number of phenols is 1. The lowest BCUT2D eigenvalue weighted by atomic mass is 9.98. The normalized spacial score (nSPS) is 24.4. The quantitative estimate of drug-likeness (QED) is 0.817. The number of aliphatic hydroxyl groups excluding tert-OH is 1. The highest BCUT2D eigenvalue weighted by atomic mass is 35.5. The van der Waals surface area contributed by atoms with Crippen molar-refractivity contribution in [2.45, 2.75) is 25.1 Å². The van der Waals surface area contributed by atoms with Crippen LogP contribution in [0, 0.1) is 0 Å². The lowest BCUT2D eigenvalue weighted by molar-refractivity contribution is -0.0172. The van der Waals surface area contributed by atoms with E-state index < -0.39 is 0 Å². The fraction of sp³-hybridized carbons (Fsp3) is 0.476. The largest absolute Gasteiger partial charge is 0.506 e. The van der Waals surface area contributed by atoms with Crippen molar-refractivity contribution in [3.63, 3.8) is 0 Å². The number of aromatic nitrogens is 1. The van der Waals surface area contributed by atoms with Gasteiger partial charge in [-0.1, -0.05) is 23.7 Å². The average molecular weight is 403 g/mol. The molecule has 1 aromatic heterocycles.